The molecule has 0 saturated heterocycles. The average Bonchev–Trinajstić information content (AvgIpc) is 0.722. The SMILES string of the molecule is O.O.O.O.O.O.O.O.O.O.O.O.O.O.O.O.O.O.O=S(=O)(O)O.[H-].[Na+]. The van der Waals surface area contributed by atoms with Gasteiger partial charge in [-0.15, -0.1) is 0 Å². The molecule has 0 aliphatic heterocycles. The zero-order chi connectivity index (χ0) is 4.50. The van der Waals surface area contributed by atoms with E-state index in [1.54, 1.807) is 0 Å². The van der Waals surface area contributed by atoms with Gasteiger partial charge in [-0.2, -0.15) is 8.42 Å². The summed E-state index contributed by atoms with van der Waals surface area (Å²) in [6.45, 7) is 0. The second kappa shape index (κ2) is 300. The number of hydrogen-bond acceptors (Lipinski definition) is 2. The zero-order valence-corrected chi connectivity index (χ0v) is 14.9. The van der Waals surface area contributed by atoms with Crippen molar-refractivity contribution in [2.45, 2.75) is 0 Å². The summed E-state index contributed by atoms with van der Waals surface area (Å²) in [5.41, 5.74) is 0. The Morgan fingerprint density at radius 1 is 0.375 bits per heavy atom. The minimum absolute atomic E-state index is 0. The van der Waals surface area contributed by atoms with Crippen molar-refractivity contribution in [2.75, 3.05) is 0 Å². The van der Waals surface area contributed by atoms with E-state index >= 15 is 0 Å². The van der Waals surface area contributed by atoms with Crippen molar-refractivity contribution in [1.29, 1.82) is 0 Å². The van der Waals surface area contributed by atoms with E-state index in [9.17, 15) is 0 Å². The van der Waals surface area contributed by atoms with Crippen molar-refractivity contribution in [3.8, 4) is 0 Å². The van der Waals surface area contributed by atoms with Gasteiger partial charge in [-0.1, -0.05) is 0 Å². The molecule has 38 N–H and O–H groups in total. The molecule has 0 saturated carbocycles. The fraction of sp³-hybridized carbons (Fsp3) is 0. The second-order valence-electron chi connectivity index (χ2n) is 0.448. The maximum atomic E-state index is 8.74. The Morgan fingerprint density at radius 2 is 0.375 bits per heavy atom. The standard InChI is InChI=1S/Na.H2O4S.18H2O.H/c;1-5(2,3)4;;;;;;;;;;;;;;;;;;;/h;(H2,1,2,3,4);18*1H2;/q+1;;;;;;;;;;;;;;;;;;;;-1. The summed E-state index contributed by atoms with van der Waals surface area (Å²) < 4.78 is 31.6. The van der Waals surface area contributed by atoms with Crippen LogP contribution < -0.4 is 29.6 Å². The van der Waals surface area contributed by atoms with E-state index in [2.05, 4.69) is 0 Å². The molecule has 0 aromatic heterocycles. The molecule has 0 unspecified atom stereocenters. The van der Waals surface area contributed by atoms with Gasteiger partial charge in [0.2, 0.25) is 0 Å². The van der Waals surface area contributed by atoms with Crippen LogP contribution in [-0.4, -0.2) is 116 Å². The summed E-state index contributed by atoms with van der Waals surface area (Å²) in [5, 5.41) is 0. The quantitative estimate of drug-likeness (QED) is 0.270. The molecule has 0 rings (SSSR count). The van der Waals surface area contributed by atoms with Gasteiger partial charge >= 0.3 is 40.0 Å². The molecule has 0 atom stereocenters. The maximum Gasteiger partial charge on any atom is 1.00 e. The van der Waals surface area contributed by atoms with E-state index in [0.717, 1.165) is 0 Å². The summed E-state index contributed by atoms with van der Waals surface area (Å²) in [7, 11) is -4.67. The number of rotatable bonds is 0. The molecule has 0 aliphatic carbocycles. The molecule has 0 heterocycles. The van der Waals surface area contributed by atoms with E-state index in [0.29, 0.717) is 0 Å². The molecule has 24 heavy (non-hydrogen) atoms. The van der Waals surface area contributed by atoms with Gasteiger partial charge in [0, 0.05) is 0 Å². The van der Waals surface area contributed by atoms with E-state index in [1.807, 2.05) is 0 Å². The summed E-state index contributed by atoms with van der Waals surface area (Å²) >= 11 is 0. The van der Waals surface area contributed by atoms with Gasteiger partial charge in [0.25, 0.3) is 0 Å². The molecule has 178 valence electrons. The third-order valence-corrected chi connectivity index (χ3v) is 0. The van der Waals surface area contributed by atoms with Crippen LogP contribution in [0.2, 0.25) is 0 Å². The van der Waals surface area contributed by atoms with Crippen LogP contribution in [0.25, 0.3) is 0 Å². The molecule has 0 aromatic carbocycles. The molecule has 0 radical (unpaired) electrons. The van der Waals surface area contributed by atoms with Crippen LogP contribution in [0, 0.1) is 0 Å². The van der Waals surface area contributed by atoms with Crippen LogP contribution in [0.3, 0.4) is 0 Å². The smallest absolute Gasteiger partial charge is 1.00 e. The van der Waals surface area contributed by atoms with Crippen LogP contribution in [0.15, 0.2) is 0 Å². The monoisotopic (exact) mass is 446 g/mol. The Labute approximate surface area is 158 Å². The first-order chi connectivity index (χ1) is 2.00. The van der Waals surface area contributed by atoms with Crippen LogP contribution >= 0.6 is 0 Å². The molecule has 0 bridgehead atoms. The van der Waals surface area contributed by atoms with Gasteiger partial charge in [-0.05, 0) is 0 Å². The van der Waals surface area contributed by atoms with Gasteiger partial charge in [-0.3, -0.25) is 9.11 Å². The van der Waals surface area contributed by atoms with Crippen molar-refractivity contribution < 1.29 is 147 Å². The summed E-state index contributed by atoms with van der Waals surface area (Å²) in [4.78, 5) is 0. The molecule has 0 aliphatic rings. The van der Waals surface area contributed by atoms with Crippen molar-refractivity contribution in [3.63, 3.8) is 0 Å². The van der Waals surface area contributed by atoms with Gasteiger partial charge < -0.3 is 100.0 Å². The minimum atomic E-state index is -4.67. The van der Waals surface area contributed by atoms with Crippen LogP contribution in [0.1, 0.15) is 1.43 Å². The Balaban J connectivity index is -0.000000000421. The van der Waals surface area contributed by atoms with Crippen LogP contribution in [0.4, 0.5) is 0 Å². The summed E-state index contributed by atoms with van der Waals surface area (Å²) in [5.74, 6) is 0. The first kappa shape index (κ1) is 751. The maximum absolute atomic E-state index is 8.74. The van der Waals surface area contributed by atoms with Gasteiger partial charge in [0.05, 0.1) is 0 Å². The topological polar surface area (TPSA) is 642 Å². The van der Waals surface area contributed by atoms with Crippen molar-refractivity contribution in [3.05, 3.63) is 0 Å². The molecule has 0 amide bonds. The molecule has 0 aromatic rings. The largest absolute Gasteiger partial charge is 1.00 e. The summed E-state index contributed by atoms with van der Waals surface area (Å²) in [6.07, 6.45) is 0. The predicted molar refractivity (Wildman–Crippen MR) is 80.3 cm³/mol. The molecule has 22 nitrogen and oxygen atoms in total. The normalized spacial score (nSPS) is 2.42. The molecular formula is H39NaO22S. The molecule has 0 spiro atoms. The van der Waals surface area contributed by atoms with Gasteiger partial charge in [0.15, 0.2) is 0 Å². The Bertz CT molecular complexity index is 101. The predicted octanol–water partition coefficient (Wildman–Crippen LogP) is -18.4. The van der Waals surface area contributed by atoms with E-state index in [-0.39, 0.29) is 130 Å². The van der Waals surface area contributed by atoms with Crippen molar-refractivity contribution >= 4 is 10.4 Å². The second-order valence-corrected chi connectivity index (χ2v) is 1.34. The van der Waals surface area contributed by atoms with Crippen molar-refractivity contribution in [1.82, 2.24) is 0 Å². The Morgan fingerprint density at radius 3 is 0.375 bits per heavy atom. The molecule has 0 fully saturated rings. The average molecular weight is 446 g/mol. The molecule has 24 heteroatoms. The minimum Gasteiger partial charge on any atom is -1.00 e. The molecular weight excluding hydrogens is 407 g/mol. The van der Waals surface area contributed by atoms with E-state index < -0.39 is 10.4 Å². The summed E-state index contributed by atoms with van der Waals surface area (Å²) in [6, 6.07) is 0. The number of hydrogen-bond donors (Lipinski definition) is 2. The van der Waals surface area contributed by atoms with Gasteiger partial charge in [-0.25, -0.2) is 0 Å². The zero-order valence-electron chi connectivity index (χ0n) is 13.1. The first-order valence-corrected chi connectivity index (χ1v) is 2.10. The Hall–Kier alpha value is 0.150. The van der Waals surface area contributed by atoms with Crippen LogP contribution in [-0.2, 0) is 10.4 Å². The first-order valence-electron chi connectivity index (χ1n) is 0.698. The fourth-order valence-electron chi connectivity index (χ4n) is 0. The van der Waals surface area contributed by atoms with Crippen LogP contribution in [0.5, 0.6) is 0 Å². The fourth-order valence-corrected chi connectivity index (χ4v) is 0. The van der Waals surface area contributed by atoms with Gasteiger partial charge in [0.1, 0.15) is 0 Å². The third-order valence-electron chi connectivity index (χ3n) is 0. The van der Waals surface area contributed by atoms with E-state index in [4.69, 9.17) is 17.5 Å². The Kier molecular flexibility index (Phi) is 9400. The van der Waals surface area contributed by atoms with Crippen molar-refractivity contribution in [2.24, 2.45) is 0 Å². The van der Waals surface area contributed by atoms with E-state index in [1.165, 1.54) is 0 Å². The third kappa shape index (κ3) is 440000.